The lowest BCUT2D eigenvalue weighted by Crippen LogP contribution is -3.19. The Morgan fingerprint density at radius 1 is 1.27 bits per heavy atom. The highest BCUT2D eigenvalue weighted by Crippen LogP contribution is 2.19. The number of aromatic hydroxyl groups is 1. The molecule has 7 nitrogen and oxygen atoms in total. The number of amides is 1. The molecule has 2 saturated heterocycles. The first-order chi connectivity index (χ1) is 12.3. The number of carbonyl (C=O) groups is 1. The normalized spacial score (nSPS) is 24.4. The molecule has 2 heterocycles. The average molecular weight is 383 g/mol. The molecule has 2 atom stereocenters. The molecular formula is C18H28N3O4S+. The molecule has 0 spiro atoms. The number of quaternary nitrogens is 1. The summed E-state index contributed by atoms with van der Waals surface area (Å²) in [5.74, 6) is 0.558. The summed E-state index contributed by atoms with van der Waals surface area (Å²) in [5, 5.41) is 9.40. The van der Waals surface area contributed by atoms with Crippen molar-refractivity contribution in [2.24, 2.45) is 0 Å². The van der Waals surface area contributed by atoms with E-state index >= 15 is 0 Å². The first-order valence-electron chi connectivity index (χ1n) is 9.12. The van der Waals surface area contributed by atoms with Crippen LogP contribution < -0.4 is 9.80 Å². The molecule has 0 aliphatic carbocycles. The van der Waals surface area contributed by atoms with Gasteiger partial charge in [0.1, 0.15) is 5.75 Å². The van der Waals surface area contributed by atoms with E-state index in [1.165, 1.54) is 4.90 Å². The van der Waals surface area contributed by atoms with E-state index in [0.29, 0.717) is 6.42 Å². The zero-order chi connectivity index (χ0) is 18.9. The van der Waals surface area contributed by atoms with Gasteiger partial charge in [-0.3, -0.25) is 4.79 Å². The molecule has 2 fully saturated rings. The van der Waals surface area contributed by atoms with Crippen LogP contribution in [0.4, 0.5) is 5.69 Å². The number of hydrogen-bond donors (Lipinski definition) is 2. The molecule has 1 aromatic rings. The molecular weight excluding hydrogens is 354 g/mol. The summed E-state index contributed by atoms with van der Waals surface area (Å²) >= 11 is 0. The number of benzene rings is 1. The van der Waals surface area contributed by atoms with Crippen LogP contribution >= 0.6 is 0 Å². The fraction of sp³-hybridized carbons (Fsp3) is 0.611. The van der Waals surface area contributed by atoms with Crippen molar-refractivity contribution >= 4 is 21.4 Å². The maximum Gasteiger partial charge on any atom is 0.280 e. The van der Waals surface area contributed by atoms with Gasteiger partial charge in [0.05, 0.1) is 37.7 Å². The van der Waals surface area contributed by atoms with Crippen LogP contribution in [0.5, 0.6) is 5.75 Å². The predicted molar refractivity (Wildman–Crippen MR) is 100 cm³/mol. The quantitative estimate of drug-likeness (QED) is 0.708. The minimum Gasteiger partial charge on any atom is -0.508 e. The van der Waals surface area contributed by atoms with Crippen molar-refractivity contribution in [3.63, 3.8) is 0 Å². The standard InChI is InChI=1S/C18H27N3O4S/c1-14(18(23)19(2)16-7-12-26(24,25)13-16)20-8-10-21(11-9-20)15-3-5-17(22)6-4-15/h3-6,14,16,22H,7-13H2,1-2H3/p+1/t14-,16-/m0/s1. The SMILES string of the molecule is C[C@@H](C(=O)N(C)[C@H]1CCS(=O)(=O)C1)[NH+]1CCN(c2ccc(O)cc2)CC1. The van der Waals surface area contributed by atoms with Crippen molar-refractivity contribution in [2.75, 3.05) is 49.6 Å². The minimum absolute atomic E-state index is 0.0279. The predicted octanol–water partition coefficient (Wildman–Crippen LogP) is -0.869. The topological polar surface area (TPSA) is 82.4 Å². The highest BCUT2D eigenvalue weighted by Gasteiger charge is 2.37. The van der Waals surface area contributed by atoms with Gasteiger partial charge in [0, 0.05) is 18.8 Å². The van der Waals surface area contributed by atoms with Gasteiger partial charge < -0.3 is 19.8 Å². The molecule has 26 heavy (non-hydrogen) atoms. The number of nitrogens with zero attached hydrogens (tertiary/aromatic N) is 2. The van der Waals surface area contributed by atoms with Crippen molar-refractivity contribution in [1.29, 1.82) is 0 Å². The largest absolute Gasteiger partial charge is 0.508 e. The van der Waals surface area contributed by atoms with E-state index in [1.807, 2.05) is 19.1 Å². The Bertz CT molecular complexity index is 742. The lowest BCUT2D eigenvalue weighted by atomic mass is 10.1. The van der Waals surface area contributed by atoms with E-state index in [0.717, 1.165) is 31.9 Å². The average Bonchev–Trinajstić information content (AvgIpc) is 3.00. The third-order valence-corrected chi connectivity index (χ3v) is 7.46. The van der Waals surface area contributed by atoms with Crippen LogP contribution in [-0.2, 0) is 14.6 Å². The second-order valence-corrected chi connectivity index (χ2v) is 9.62. The van der Waals surface area contributed by atoms with Gasteiger partial charge in [0.2, 0.25) is 0 Å². The first-order valence-corrected chi connectivity index (χ1v) is 10.9. The van der Waals surface area contributed by atoms with E-state index in [4.69, 9.17) is 0 Å². The fourth-order valence-corrected chi connectivity index (χ4v) is 5.66. The number of rotatable bonds is 4. The highest BCUT2D eigenvalue weighted by molar-refractivity contribution is 7.91. The van der Waals surface area contributed by atoms with Crippen molar-refractivity contribution in [3.8, 4) is 5.75 Å². The second-order valence-electron chi connectivity index (χ2n) is 7.39. The number of nitrogens with one attached hydrogen (secondary N) is 1. The van der Waals surface area contributed by atoms with E-state index < -0.39 is 9.84 Å². The van der Waals surface area contributed by atoms with Gasteiger partial charge in [-0.25, -0.2) is 8.42 Å². The lowest BCUT2D eigenvalue weighted by Gasteiger charge is -2.37. The maximum atomic E-state index is 12.8. The molecule has 144 valence electrons. The number of likely N-dealkylation sites (N-methyl/N-ethyl adjacent to an activating group) is 1. The molecule has 2 aliphatic rings. The van der Waals surface area contributed by atoms with Crippen LogP contribution in [0.3, 0.4) is 0 Å². The molecule has 2 aliphatic heterocycles. The van der Waals surface area contributed by atoms with Gasteiger partial charge in [-0.15, -0.1) is 0 Å². The van der Waals surface area contributed by atoms with Crippen molar-refractivity contribution in [3.05, 3.63) is 24.3 Å². The second kappa shape index (κ2) is 7.44. The summed E-state index contributed by atoms with van der Waals surface area (Å²) in [6.45, 7) is 5.33. The molecule has 0 saturated carbocycles. The Hall–Kier alpha value is -1.80. The van der Waals surface area contributed by atoms with Crippen molar-refractivity contribution in [2.45, 2.75) is 25.4 Å². The fourth-order valence-electron chi connectivity index (χ4n) is 3.89. The third-order valence-electron chi connectivity index (χ3n) is 5.71. The number of carbonyl (C=O) groups excluding carboxylic acids is 1. The van der Waals surface area contributed by atoms with E-state index in [9.17, 15) is 18.3 Å². The Morgan fingerprint density at radius 3 is 2.42 bits per heavy atom. The van der Waals surface area contributed by atoms with Crippen LogP contribution in [0.15, 0.2) is 24.3 Å². The number of phenolic OH excluding ortho intramolecular Hbond substituents is 1. The molecule has 1 aromatic carbocycles. The maximum absolute atomic E-state index is 12.8. The smallest absolute Gasteiger partial charge is 0.280 e. The third kappa shape index (κ3) is 4.12. The van der Waals surface area contributed by atoms with Gasteiger partial charge in [0.15, 0.2) is 15.9 Å². The Kier molecular flexibility index (Phi) is 5.43. The van der Waals surface area contributed by atoms with Gasteiger partial charge in [0.25, 0.3) is 5.91 Å². The van der Waals surface area contributed by atoms with Gasteiger partial charge in [-0.05, 0) is 37.6 Å². The van der Waals surface area contributed by atoms with Gasteiger partial charge >= 0.3 is 0 Å². The summed E-state index contributed by atoms with van der Waals surface area (Å²) < 4.78 is 23.3. The van der Waals surface area contributed by atoms with Crippen LogP contribution in [0, 0.1) is 0 Å². The van der Waals surface area contributed by atoms with Gasteiger partial charge in [-0.1, -0.05) is 0 Å². The monoisotopic (exact) mass is 382 g/mol. The summed E-state index contributed by atoms with van der Waals surface area (Å²) in [4.78, 5) is 17.9. The van der Waals surface area contributed by atoms with Crippen molar-refractivity contribution in [1.82, 2.24) is 4.90 Å². The molecule has 8 heteroatoms. The number of hydrogen-bond acceptors (Lipinski definition) is 5. The molecule has 0 aromatic heterocycles. The van der Waals surface area contributed by atoms with Crippen LogP contribution in [0.2, 0.25) is 0 Å². The molecule has 3 rings (SSSR count). The van der Waals surface area contributed by atoms with Crippen LogP contribution in [0.1, 0.15) is 13.3 Å². The zero-order valence-corrected chi connectivity index (χ0v) is 16.2. The van der Waals surface area contributed by atoms with E-state index in [2.05, 4.69) is 4.90 Å². The molecule has 0 unspecified atom stereocenters. The van der Waals surface area contributed by atoms with Crippen molar-refractivity contribution < 1.29 is 23.2 Å². The summed E-state index contributed by atoms with van der Waals surface area (Å²) in [5.41, 5.74) is 1.08. The van der Waals surface area contributed by atoms with Crippen LogP contribution in [0.25, 0.3) is 0 Å². The van der Waals surface area contributed by atoms with Gasteiger partial charge in [-0.2, -0.15) is 0 Å². The Labute approximate surface area is 155 Å². The molecule has 1 amide bonds. The molecule has 0 radical (unpaired) electrons. The highest BCUT2D eigenvalue weighted by atomic mass is 32.2. The van der Waals surface area contributed by atoms with Crippen LogP contribution in [-0.4, -0.2) is 81.1 Å². The molecule has 0 bridgehead atoms. The minimum atomic E-state index is -2.99. The first kappa shape index (κ1) is 19.0. The summed E-state index contributed by atoms with van der Waals surface area (Å²) in [6, 6.07) is 6.82. The number of sulfone groups is 1. The summed E-state index contributed by atoms with van der Waals surface area (Å²) in [7, 11) is -1.26. The lowest BCUT2D eigenvalue weighted by molar-refractivity contribution is -0.915. The Balaban J connectivity index is 1.55. The zero-order valence-electron chi connectivity index (χ0n) is 15.4. The van der Waals surface area contributed by atoms with E-state index in [-0.39, 0.29) is 35.2 Å². The number of phenols is 1. The number of piperazine rings is 1. The number of anilines is 1. The molecule has 2 N–H and O–H groups in total. The Morgan fingerprint density at radius 2 is 1.88 bits per heavy atom. The van der Waals surface area contributed by atoms with E-state index in [1.54, 1.807) is 24.1 Å². The summed E-state index contributed by atoms with van der Waals surface area (Å²) in [6.07, 6.45) is 0.543.